The quantitative estimate of drug-likeness (QED) is 0.568. The number of nitrogens with one attached hydrogen (secondary N) is 1. The lowest BCUT2D eigenvalue weighted by molar-refractivity contribution is -0.128. The Bertz CT molecular complexity index is 163. The number of amides is 1. The van der Waals surface area contributed by atoms with E-state index in [0.717, 1.165) is 12.8 Å². The summed E-state index contributed by atoms with van der Waals surface area (Å²) >= 11 is 0. The van der Waals surface area contributed by atoms with E-state index in [1.54, 1.807) is 0 Å². The molecule has 1 atom stereocenters. The lowest BCUT2D eigenvalue weighted by Crippen LogP contribution is -2.42. The Morgan fingerprint density at radius 2 is 2.40 bits per heavy atom. The Kier molecular flexibility index (Phi) is 2.04. The summed E-state index contributed by atoms with van der Waals surface area (Å²) in [5, 5.41) is 2.63. The molecule has 1 N–H and O–H groups in total. The molecule has 1 amide bonds. The Morgan fingerprint density at radius 1 is 1.70 bits per heavy atom. The summed E-state index contributed by atoms with van der Waals surface area (Å²) in [6.45, 7) is 1.51. The second-order valence-electron chi connectivity index (χ2n) is 2.62. The summed E-state index contributed by atoms with van der Waals surface area (Å²) < 4.78 is 0. The van der Waals surface area contributed by atoms with Gasteiger partial charge in [-0.3, -0.25) is 9.59 Å². The number of hydrogen-bond donors (Lipinski definition) is 1. The van der Waals surface area contributed by atoms with Crippen LogP contribution >= 0.6 is 0 Å². The first-order valence-electron chi connectivity index (χ1n) is 3.50. The number of carbonyl (C=O) groups is 2. The van der Waals surface area contributed by atoms with Gasteiger partial charge in [0, 0.05) is 6.42 Å². The Balaban J connectivity index is 2.47. The topological polar surface area (TPSA) is 46.2 Å². The molecule has 0 aliphatic carbocycles. The van der Waals surface area contributed by atoms with Crippen LogP contribution in [-0.4, -0.2) is 17.7 Å². The van der Waals surface area contributed by atoms with Crippen molar-refractivity contribution in [2.75, 3.05) is 0 Å². The molecule has 10 heavy (non-hydrogen) atoms. The maximum Gasteiger partial charge on any atom is 0.220 e. The van der Waals surface area contributed by atoms with Gasteiger partial charge < -0.3 is 5.32 Å². The van der Waals surface area contributed by atoms with E-state index in [1.165, 1.54) is 6.92 Å². The largest absolute Gasteiger partial charge is 0.346 e. The van der Waals surface area contributed by atoms with Crippen molar-refractivity contribution in [1.29, 1.82) is 0 Å². The molecule has 0 aromatic carbocycles. The Hall–Kier alpha value is -0.860. The molecular weight excluding hydrogens is 130 g/mol. The zero-order valence-electron chi connectivity index (χ0n) is 6.02. The first-order chi connectivity index (χ1) is 4.70. The molecule has 0 aromatic heterocycles. The minimum Gasteiger partial charge on any atom is -0.346 e. The fourth-order valence-corrected chi connectivity index (χ4v) is 1.11. The van der Waals surface area contributed by atoms with E-state index >= 15 is 0 Å². The molecule has 1 saturated heterocycles. The van der Waals surface area contributed by atoms with E-state index in [4.69, 9.17) is 0 Å². The lowest BCUT2D eigenvalue weighted by Gasteiger charge is -2.20. The third-order valence-corrected chi connectivity index (χ3v) is 1.72. The van der Waals surface area contributed by atoms with Crippen LogP contribution in [0.2, 0.25) is 0 Å². The average molecular weight is 141 g/mol. The van der Waals surface area contributed by atoms with Crippen LogP contribution in [0.4, 0.5) is 0 Å². The monoisotopic (exact) mass is 141 g/mol. The molecule has 1 unspecified atom stereocenters. The highest BCUT2D eigenvalue weighted by Crippen LogP contribution is 2.07. The SMILES string of the molecule is CC(=O)C1CCCC(=O)N1. The van der Waals surface area contributed by atoms with Crippen LogP contribution in [-0.2, 0) is 9.59 Å². The van der Waals surface area contributed by atoms with Crippen LogP contribution in [0.15, 0.2) is 0 Å². The molecule has 1 aliphatic heterocycles. The summed E-state index contributed by atoms with van der Waals surface area (Å²) in [6.07, 6.45) is 2.22. The van der Waals surface area contributed by atoms with Crippen LogP contribution in [0.5, 0.6) is 0 Å². The van der Waals surface area contributed by atoms with Gasteiger partial charge in [-0.25, -0.2) is 0 Å². The number of piperidine rings is 1. The zero-order valence-corrected chi connectivity index (χ0v) is 6.02. The van der Waals surface area contributed by atoms with Crippen LogP contribution < -0.4 is 5.32 Å². The number of hydrogen-bond acceptors (Lipinski definition) is 2. The van der Waals surface area contributed by atoms with Gasteiger partial charge in [-0.1, -0.05) is 0 Å². The predicted molar refractivity (Wildman–Crippen MR) is 36.5 cm³/mol. The van der Waals surface area contributed by atoms with Gasteiger partial charge in [-0.05, 0) is 19.8 Å². The van der Waals surface area contributed by atoms with Gasteiger partial charge in [0.15, 0.2) is 5.78 Å². The maximum atomic E-state index is 10.7. The molecule has 56 valence electrons. The highest BCUT2D eigenvalue weighted by Gasteiger charge is 2.20. The van der Waals surface area contributed by atoms with Crippen LogP contribution in [0.25, 0.3) is 0 Å². The summed E-state index contributed by atoms with van der Waals surface area (Å²) in [4.78, 5) is 21.4. The summed E-state index contributed by atoms with van der Waals surface area (Å²) in [6, 6.07) is -0.207. The van der Waals surface area contributed by atoms with Crippen molar-refractivity contribution >= 4 is 11.7 Å². The Morgan fingerprint density at radius 3 is 2.80 bits per heavy atom. The van der Waals surface area contributed by atoms with E-state index in [0.29, 0.717) is 6.42 Å². The molecule has 3 nitrogen and oxygen atoms in total. The van der Waals surface area contributed by atoms with E-state index in [9.17, 15) is 9.59 Å². The molecule has 1 rings (SSSR count). The minimum atomic E-state index is -0.207. The second-order valence-corrected chi connectivity index (χ2v) is 2.62. The fraction of sp³-hybridized carbons (Fsp3) is 0.714. The summed E-state index contributed by atoms with van der Waals surface area (Å²) in [5.41, 5.74) is 0. The lowest BCUT2D eigenvalue weighted by atomic mass is 10.0. The third kappa shape index (κ3) is 1.56. The van der Waals surface area contributed by atoms with Crippen molar-refractivity contribution in [2.45, 2.75) is 32.2 Å². The van der Waals surface area contributed by atoms with E-state index in [-0.39, 0.29) is 17.7 Å². The van der Waals surface area contributed by atoms with E-state index < -0.39 is 0 Å². The third-order valence-electron chi connectivity index (χ3n) is 1.72. The van der Waals surface area contributed by atoms with Gasteiger partial charge in [0.2, 0.25) is 5.91 Å². The van der Waals surface area contributed by atoms with Gasteiger partial charge in [-0.15, -0.1) is 0 Å². The van der Waals surface area contributed by atoms with Crippen molar-refractivity contribution in [2.24, 2.45) is 0 Å². The first kappa shape index (κ1) is 7.25. The van der Waals surface area contributed by atoms with Gasteiger partial charge in [0.25, 0.3) is 0 Å². The van der Waals surface area contributed by atoms with E-state index in [2.05, 4.69) is 5.32 Å². The molecule has 1 fully saturated rings. The number of carbonyl (C=O) groups excluding carboxylic acids is 2. The summed E-state index contributed by atoms with van der Waals surface area (Å²) in [5.74, 6) is 0.0690. The van der Waals surface area contributed by atoms with Crippen LogP contribution in [0.1, 0.15) is 26.2 Å². The molecule has 0 radical (unpaired) electrons. The molecule has 1 aliphatic rings. The first-order valence-corrected chi connectivity index (χ1v) is 3.50. The second kappa shape index (κ2) is 2.82. The molecule has 0 aromatic rings. The zero-order chi connectivity index (χ0) is 7.56. The van der Waals surface area contributed by atoms with Gasteiger partial charge in [-0.2, -0.15) is 0 Å². The average Bonchev–Trinajstić information content (AvgIpc) is 1.88. The summed E-state index contributed by atoms with van der Waals surface area (Å²) in [7, 11) is 0. The molecular formula is C7H11NO2. The highest BCUT2D eigenvalue weighted by atomic mass is 16.2. The van der Waals surface area contributed by atoms with Crippen molar-refractivity contribution in [3.63, 3.8) is 0 Å². The predicted octanol–water partition coefficient (Wildman–Crippen LogP) is 0.244. The standard InChI is InChI=1S/C7H11NO2/c1-5(9)6-3-2-4-7(10)8-6/h6H,2-4H2,1H3,(H,8,10). The van der Waals surface area contributed by atoms with Gasteiger partial charge in [0.05, 0.1) is 6.04 Å². The molecule has 0 bridgehead atoms. The smallest absolute Gasteiger partial charge is 0.220 e. The fourth-order valence-electron chi connectivity index (χ4n) is 1.11. The highest BCUT2D eigenvalue weighted by molar-refractivity contribution is 5.88. The number of ketones is 1. The van der Waals surface area contributed by atoms with Crippen molar-refractivity contribution in [3.05, 3.63) is 0 Å². The van der Waals surface area contributed by atoms with Crippen molar-refractivity contribution < 1.29 is 9.59 Å². The van der Waals surface area contributed by atoms with Crippen molar-refractivity contribution in [1.82, 2.24) is 5.32 Å². The van der Waals surface area contributed by atoms with Crippen LogP contribution in [0, 0.1) is 0 Å². The number of rotatable bonds is 1. The van der Waals surface area contributed by atoms with Gasteiger partial charge in [0.1, 0.15) is 0 Å². The molecule has 0 spiro atoms. The minimum absolute atomic E-state index is 0.00597. The molecule has 0 saturated carbocycles. The van der Waals surface area contributed by atoms with E-state index in [1.807, 2.05) is 0 Å². The molecule has 1 heterocycles. The maximum absolute atomic E-state index is 10.7. The Labute approximate surface area is 59.8 Å². The van der Waals surface area contributed by atoms with Gasteiger partial charge >= 0.3 is 0 Å². The van der Waals surface area contributed by atoms with Crippen molar-refractivity contribution in [3.8, 4) is 0 Å². The molecule has 3 heteroatoms. The number of Topliss-reactive ketones (excluding diaryl/α,β-unsaturated/α-hetero) is 1. The van der Waals surface area contributed by atoms with Crippen LogP contribution in [0.3, 0.4) is 0 Å². The normalized spacial score (nSPS) is 25.7.